The van der Waals surface area contributed by atoms with Crippen LogP contribution in [0.25, 0.3) is 32.5 Å². The Hall–Kier alpha value is -2.16. The maximum Gasteiger partial charge on any atom is 0.181 e. The average Bonchev–Trinajstić information content (AvgIpc) is 3.19. The van der Waals surface area contributed by atoms with Gasteiger partial charge in [-0.1, -0.05) is 20.8 Å². The van der Waals surface area contributed by atoms with E-state index in [1.165, 1.54) is 5.56 Å². The number of anilines is 1. The molecule has 0 spiro atoms. The van der Waals surface area contributed by atoms with Gasteiger partial charge in [-0.25, -0.2) is 9.97 Å². The molecule has 0 saturated carbocycles. The number of hydrogen-bond donors (Lipinski definition) is 1. The summed E-state index contributed by atoms with van der Waals surface area (Å²) in [5.41, 5.74) is 11.2. The molecule has 0 aliphatic heterocycles. The van der Waals surface area contributed by atoms with E-state index in [4.69, 9.17) is 15.5 Å². The van der Waals surface area contributed by atoms with Crippen LogP contribution in [0.5, 0.6) is 0 Å². The van der Waals surface area contributed by atoms with E-state index in [9.17, 15) is 0 Å². The lowest BCUT2D eigenvalue weighted by molar-refractivity contribution is 0.218. The highest BCUT2D eigenvalue weighted by atomic mass is 32.2. The Balaban J connectivity index is 1.88. The normalized spacial score (nSPS) is 12.3. The Labute approximate surface area is 178 Å². The molecule has 4 rings (SSSR count). The molecule has 0 aliphatic rings. The van der Waals surface area contributed by atoms with Gasteiger partial charge in [-0.3, -0.25) is 4.68 Å². The summed E-state index contributed by atoms with van der Waals surface area (Å²) in [5, 5.41) is 6.44. The molecule has 0 aliphatic carbocycles. The SMILES string of the molecule is COCCSc1sc2nc(-c3cnc4nn(C)cc4c3)cc(C(C)(C)C)c2c1N. The smallest absolute Gasteiger partial charge is 0.181 e. The van der Waals surface area contributed by atoms with E-state index in [0.29, 0.717) is 6.61 Å². The standard InChI is InChI=1S/C21H25N5OS2/c1-21(2,3)14-9-15(12-8-13-11-26(4)25-18(13)23-10-12)24-19-16(14)17(22)20(29-19)28-7-6-27-5/h8-11H,6-7,22H2,1-5H3. The van der Waals surface area contributed by atoms with Crippen molar-refractivity contribution in [3.8, 4) is 11.3 Å². The number of methoxy groups -OCH3 is 1. The highest BCUT2D eigenvalue weighted by Gasteiger charge is 2.24. The molecule has 152 valence electrons. The van der Waals surface area contributed by atoms with Crippen molar-refractivity contribution in [2.45, 2.75) is 30.4 Å². The van der Waals surface area contributed by atoms with Crippen LogP contribution in [0.4, 0.5) is 5.69 Å². The second kappa shape index (κ2) is 7.59. The van der Waals surface area contributed by atoms with Crippen LogP contribution in [0, 0.1) is 0 Å². The predicted molar refractivity (Wildman–Crippen MR) is 123 cm³/mol. The number of nitrogen functional groups attached to an aromatic ring is 1. The quantitative estimate of drug-likeness (QED) is 0.362. The van der Waals surface area contributed by atoms with Crippen LogP contribution in [0.1, 0.15) is 26.3 Å². The molecule has 0 unspecified atom stereocenters. The first-order valence-corrected chi connectivity index (χ1v) is 11.2. The molecule has 8 heteroatoms. The van der Waals surface area contributed by atoms with E-state index in [0.717, 1.165) is 48.2 Å². The maximum absolute atomic E-state index is 6.57. The first-order valence-electron chi connectivity index (χ1n) is 9.43. The number of aryl methyl sites for hydroxylation is 1. The molecule has 0 fully saturated rings. The summed E-state index contributed by atoms with van der Waals surface area (Å²) in [7, 11) is 3.62. The average molecular weight is 428 g/mol. The predicted octanol–water partition coefficient (Wildman–Crippen LogP) is 4.86. The molecule has 6 nitrogen and oxygen atoms in total. The zero-order chi connectivity index (χ0) is 20.8. The molecular weight excluding hydrogens is 402 g/mol. The highest BCUT2D eigenvalue weighted by molar-refractivity contribution is 8.01. The summed E-state index contributed by atoms with van der Waals surface area (Å²) < 4.78 is 8.07. The number of rotatable bonds is 5. The molecule has 29 heavy (non-hydrogen) atoms. The molecule has 2 N–H and O–H groups in total. The summed E-state index contributed by atoms with van der Waals surface area (Å²) in [6.45, 7) is 7.33. The molecule has 0 radical (unpaired) electrons. The number of thioether (sulfide) groups is 1. The molecule has 0 amide bonds. The second-order valence-electron chi connectivity index (χ2n) is 8.07. The van der Waals surface area contributed by atoms with Gasteiger partial charge < -0.3 is 10.5 Å². The number of pyridine rings is 2. The van der Waals surface area contributed by atoms with E-state index in [1.807, 2.05) is 19.4 Å². The summed E-state index contributed by atoms with van der Waals surface area (Å²) in [6.07, 6.45) is 3.82. The minimum absolute atomic E-state index is 0.0641. The fraction of sp³-hybridized carbons (Fsp3) is 0.381. The van der Waals surface area contributed by atoms with Crippen molar-refractivity contribution in [1.82, 2.24) is 19.7 Å². The monoisotopic (exact) mass is 427 g/mol. The van der Waals surface area contributed by atoms with Gasteiger partial charge in [-0.05, 0) is 23.1 Å². The van der Waals surface area contributed by atoms with E-state index >= 15 is 0 Å². The molecule has 4 aromatic rings. The Morgan fingerprint density at radius 2 is 2.07 bits per heavy atom. The number of aromatic nitrogens is 4. The van der Waals surface area contributed by atoms with Crippen molar-refractivity contribution in [2.75, 3.05) is 25.2 Å². The highest BCUT2D eigenvalue weighted by Crippen LogP contribution is 2.45. The Morgan fingerprint density at radius 1 is 1.28 bits per heavy atom. The Morgan fingerprint density at radius 3 is 2.79 bits per heavy atom. The van der Waals surface area contributed by atoms with Gasteiger partial charge in [0, 0.05) is 48.6 Å². The summed E-state index contributed by atoms with van der Waals surface area (Å²) in [5.74, 6) is 0.868. The fourth-order valence-electron chi connectivity index (χ4n) is 3.34. The lowest BCUT2D eigenvalue weighted by Gasteiger charge is -2.21. The van der Waals surface area contributed by atoms with Crippen LogP contribution in [-0.2, 0) is 17.2 Å². The molecule has 4 aromatic heterocycles. The number of ether oxygens (including phenoxy) is 1. The summed E-state index contributed by atoms with van der Waals surface area (Å²) >= 11 is 3.38. The first-order chi connectivity index (χ1) is 13.8. The maximum atomic E-state index is 6.57. The zero-order valence-electron chi connectivity index (χ0n) is 17.3. The van der Waals surface area contributed by atoms with Gasteiger partial charge in [0.2, 0.25) is 0 Å². The third-order valence-corrected chi connectivity index (χ3v) is 7.11. The molecule has 4 heterocycles. The summed E-state index contributed by atoms with van der Waals surface area (Å²) in [4.78, 5) is 10.5. The molecular formula is C21H25N5OS2. The number of thiophene rings is 1. The second-order valence-corrected chi connectivity index (χ2v) is 10.4. The van der Waals surface area contributed by atoms with Crippen molar-refractivity contribution < 1.29 is 4.74 Å². The van der Waals surface area contributed by atoms with Crippen molar-refractivity contribution in [2.24, 2.45) is 7.05 Å². The number of nitrogens with two attached hydrogens (primary N) is 1. The topological polar surface area (TPSA) is 78.9 Å². The van der Waals surface area contributed by atoms with E-state index in [1.54, 1.807) is 34.9 Å². The molecule has 0 saturated heterocycles. The van der Waals surface area contributed by atoms with Crippen molar-refractivity contribution in [3.63, 3.8) is 0 Å². The molecule has 0 atom stereocenters. The van der Waals surface area contributed by atoms with Gasteiger partial charge >= 0.3 is 0 Å². The van der Waals surface area contributed by atoms with Gasteiger partial charge in [-0.2, -0.15) is 5.10 Å². The van der Waals surface area contributed by atoms with Gasteiger partial charge in [0.15, 0.2) is 5.65 Å². The van der Waals surface area contributed by atoms with Crippen molar-refractivity contribution in [1.29, 1.82) is 0 Å². The Bertz CT molecular complexity index is 1190. The minimum atomic E-state index is -0.0641. The van der Waals surface area contributed by atoms with E-state index in [-0.39, 0.29) is 5.41 Å². The Kier molecular flexibility index (Phi) is 5.27. The van der Waals surface area contributed by atoms with E-state index in [2.05, 4.69) is 43.0 Å². The van der Waals surface area contributed by atoms with Crippen molar-refractivity contribution in [3.05, 3.63) is 30.1 Å². The number of nitrogens with zero attached hydrogens (tertiary/aromatic N) is 4. The van der Waals surface area contributed by atoms with Gasteiger partial charge in [-0.15, -0.1) is 23.1 Å². The van der Waals surface area contributed by atoms with Crippen LogP contribution in [0.15, 0.2) is 28.7 Å². The third kappa shape index (κ3) is 3.84. The van der Waals surface area contributed by atoms with Crippen LogP contribution in [0.2, 0.25) is 0 Å². The van der Waals surface area contributed by atoms with Gasteiger partial charge in [0.05, 0.1) is 22.2 Å². The lowest BCUT2D eigenvalue weighted by Crippen LogP contribution is -2.12. The third-order valence-electron chi connectivity index (χ3n) is 4.76. The van der Waals surface area contributed by atoms with Crippen molar-refractivity contribution >= 4 is 50.0 Å². The first kappa shape index (κ1) is 20.1. The van der Waals surface area contributed by atoms with Crippen LogP contribution >= 0.6 is 23.1 Å². The fourth-order valence-corrected chi connectivity index (χ4v) is 5.61. The molecule has 0 bridgehead atoms. The van der Waals surface area contributed by atoms with Crippen LogP contribution < -0.4 is 5.73 Å². The zero-order valence-corrected chi connectivity index (χ0v) is 18.9. The molecule has 0 aromatic carbocycles. The largest absolute Gasteiger partial charge is 0.397 e. The summed E-state index contributed by atoms with van der Waals surface area (Å²) in [6, 6.07) is 4.26. The van der Waals surface area contributed by atoms with Crippen LogP contribution in [0.3, 0.4) is 0 Å². The number of fused-ring (bicyclic) bond motifs is 2. The minimum Gasteiger partial charge on any atom is -0.397 e. The lowest BCUT2D eigenvalue weighted by atomic mass is 9.84. The number of hydrogen-bond acceptors (Lipinski definition) is 7. The van der Waals surface area contributed by atoms with Gasteiger partial charge in [0.25, 0.3) is 0 Å². The van der Waals surface area contributed by atoms with Crippen LogP contribution in [-0.4, -0.2) is 39.2 Å². The van der Waals surface area contributed by atoms with Gasteiger partial charge in [0.1, 0.15) is 4.83 Å². The van der Waals surface area contributed by atoms with E-state index < -0.39 is 0 Å².